The standard InChI is InChI=1S/C16H23NO5S/c1-5-23(19,20)10-17-13-9-16(2,3)22-14-7-6-11(8-12(13)14)15(18)21-4/h6-8,13,17H,5,9-10H2,1-4H3. The van der Waals surface area contributed by atoms with Gasteiger partial charge >= 0.3 is 5.97 Å². The molecule has 1 aliphatic heterocycles. The first kappa shape index (κ1) is 17.7. The molecule has 0 amide bonds. The third-order valence-electron chi connectivity index (χ3n) is 3.88. The van der Waals surface area contributed by atoms with Crippen LogP contribution < -0.4 is 10.1 Å². The van der Waals surface area contributed by atoms with Crippen LogP contribution in [-0.4, -0.2) is 38.7 Å². The highest BCUT2D eigenvalue weighted by molar-refractivity contribution is 7.91. The van der Waals surface area contributed by atoms with Crippen molar-refractivity contribution >= 4 is 15.8 Å². The van der Waals surface area contributed by atoms with Gasteiger partial charge in [-0.25, -0.2) is 13.2 Å². The smallest absolute Gasteiger partial charge is 0.337 e. The molecule has 7 heteroatoms. The van der Waals surface area contributed by atoms with Gasteiger partial charge in [0.15, 0.2) is 9.84 Å². The van der Waals surface area contributed by atoms with Crippen LogP contribution in [0.3, 0.4) is 0 Å². The topological polar surface area (TPSA) is 81.7 Å². The number of esters is 1. The lowest BCUT2D eigenvalue weighted by molar-refractivity contribution is 0.0596. The summed E-state index contributed by atoms with van der Waals surface area (Å²) in [6, 6.07) is 4.86. The number of nitrogens with one attached hydrogen (secondary N) is 1. The van der Waals surface area contributed by atoms with Crippen molar-refractivity contribution in [3.8, 4) is 5.75 Å². The third kappa shape index (κ3) is 4.23. The molecule has 1 aliphatic rings. The molecule has 1 aromatic rings. The molecule has 0 aromatic heterocycles. The van der Waals surface area contributed by atoms with E-state index in [0.717, 1.165) is 5.56 Å². The quantitative estimate of drug-likeness (QED) is 0.826. The lowest BCUT2D eigenvalue weighted by atomic mass is 9.89. The van der Waals surface area contributed by atoms with Crippen LogP contribution in [0.2, 0.25) is 0 Å². The van der Waals surface area contributed by atoms with Crippen LogP contribution in [-0.2, 0) is 14.6 Å². The third-order valence-corrected chi connectivity index (χ3v) is 5.36. The zero-order valence-electron chi connectivity index (χ0n) is 13.9. The molecule has 0 saturated heterocycles. The number of hydrogen-bond donors (Lipinski definition) is 1. The molecule has 128 valence electrons. The van der Waals surface area contributed by atoms with Gasteiger partial charge < -0.3 is 9.47 Å². The summed E-state index contributed by atoms with van der Waals surface area (Å²) < 4.78 is 34.2. The molecule has 0 spiro atoms. The highest BCUT2D eigenvalue weighted by Gasteiger charge is 2.34. The van der Waals surface area contributed by atoms with E-state index < -0.39 is 21.4 Å². The average Bonchev–Trinajstić information content (AvgIpc) is 2.50. The van der Waals surface area contributed by atoms with E-state index in [1.165, 1.54) is 7.11 Å². The molecule has 0 aliphatic carbocycles. The molecule has 0 saturated carbocycles. The SMILES string of the molecule is CCS(=O)(=O)CNC1CC(C)(C)Oc2ccc(C(=O)OC)cc21. The number of carbonyl (C=O) groups excluding carboxylic acids is 1. The molecule has 0 fully saturated rings. The number of sulfone groups is 1. The highest BCUT2D eigenvalue weighted by atomic mass is 32.2. The van der Waals surface area contributed by atoms with Crippen LogP contribution >= 0.6 is 0 Å². The van der Waals surface area contributed by atoms with Gasteiger partial charge in [0.25, 0.3) is 0 Å². The second-order valence-corrected chi connectivity index (χ2v) is 8.60. The Kier molecular flexibility index (Phi) is 5.01. The summed E-state index contributed by atoms with van der Waals surface area (Å²) in [7, 11) is -1.81. The van der Waals surface area contributed by atoms with Gasteiger partial charge in [-0.2, -0.15) is 0 Å². The molecule has 1 unspecified atom stereocenters. The normalized spacial score (nSPS) is 19.6. The molecule has 0 bridgehead atoms. The van der Waals surface area contributed by atoms with E-state index in [9.17, 15) is 13.2 Å². The van der Waals surface area contributed by atoms with Crippen LogP contribution in [0, 0.1) is 0 Å². The molecule has 23 heavy (non-hydrogen) atoms. The first-order chi connectivity index (χ1) is 10.7. The maximum Gasteiger partial charge on any atom is 0.337 e. The van der Waals surface area contributed by atoms with Gasteiger partial charge in [0.1, 0.15) is 11.4 Å². The first-order valence-electron chi connectivity index (χ1n) is 7.52. The second kappa shape index (κ2) is 6.49. The maximum atomic E-state index is 11.8. The van der Waals surface area contributed by atoms with Crippen molar-refractivity contribution in [3.05, 3.63) is 29.3 Å². The van der Waals surface area contributed by atoms with Crippen LogP contribution in [0.15, 0.2) is 18.2 Å². The minimum absolute atomic E-state index is 0.0850. The van der Waals surface area contributed by atoms with E-state index >= 15 is 0 Å². The minimum atomic E-state index is -3.13. The number of carbonyl (C=O) groups is 1. The molecule has 1 heterocycles. The zero-order valence-corrected chi connectivity index (χ0v) is 14.7. The van der Waals surface area contributed by atoms with E-state index in [-0.39, 0.29) is 17.7 Å². The number of ether oxygens (including phenoxy) is 2. The fourth-order valence-corrected chi connectivity index (χ4v) is 3.27. The van der Waals surface area contributed by atoms with Gasteiger partial charge in [-0.15, -0.1) is 0 Å². The number of methoxy groups -OCH3 is 1. The van der Waals surface area contributed by atoms with Crippen molar-refractivity contribution in [2.24, 2.45) is 0 Å². The van der Waals surface area contributed by atoms with E-state index in [0.29, 0.717) is 17.7 Å². The van der Waals surface area contributed by atoms with Crippen molar-refractivity contribution < 1.29 is 22.7 Å². The van der Waals surface area contributed by atoms with Gasteiger partial charge in [0.05, 0.1) is 18.6 Å². The molecule has 0 radical (unpaired) electrons. The Labute approximate surface area is 137 Å². The molecule has 1 aromatic carbocycles. The predicted octanol–water partition coefficient (Wildman–Crippen LogP) is 2.06. The molecule has 1 atom stereocenters. The molecular formula is C16H23NO5S. The number of benzene rings is 1. The summed E-state index contributed by atoms with van der Waals surface area (Å²) in [5.41, 5.74) is 0.770. The summed E-state index contributed by atoms with van der Waals surface area (Å²) >= 11 is 0. The van der Waals surface area contributed by atoms with E-state index in [1.54, 1.807) is 25.1 Å². The first-order valence-corrected chi connectivity index (χ1v) is 9.34. The predicted molar refractivity (Wildman–Crippen MR) is 87.3 cm³/mol. The molecule has 2 rings (SSSR count). The molecular weight excluding hydrogens is 318 g/mol. The van der Waals surface area contributed by atoms with Crippen LogP contribution in [0.4, 0.5) is 0 Å². The van der Waals surface area contributed by atoms with Gasteiger partial charge in [-0.3, -0.25) is 5.32 Å². The Morgan fingerprint density at radius 1 is 1.43 bits per heavy atom. The minimum Gasteiger partial charge on any atom is -0.487 e. The average molecular weight is 341 g/mol. The largest absolute Gasteiger partial charge is 0.487 e. The maximum absolute atomic E-state index is 11.8. The fraction of sp³-hybridized carbons (Fsp3) is 0.562. The number of hydrogen-bond acceptors (Lipinski definition) is 6. The summed E-state index contributed by atoms with van der Waals surface area (Å²) in [4.78, 5) is 11.7. The van der Waals surface area contributed by atoms with Crippen molar-refractivity contribution in [2.75, 3.05) is 18.7 Å². The number of fused-ring (bicyclic) bond motifs is 1. The summed E-state index contributed by atoms with van der Waals surface area (Å²) in [5.74, 6) is 0.200. The Bertz CT molecular complexity index is 696. The summed E-state index contributed by atoms with van der Waals surface area (Å²) in [6.45, 7) is 5.52. The molecule has 1 N–H and O–H groups in total. The van der Waals surface area contributed by atoms with E-state index in [4.69, 9.17) is 9.47 Å². The second-order valence-electron chi connectivity index (χ2n) is 6.24. The lowest BCUT2D eigenvalue weighted by Gasteiger charge is -2.38. The summed E-state index contributed by atoms with van der Waals surface area (Å²) in [6.07, 6.45) is 0.601. The summed E-state index contributed by atoms with van der Waals surface area (Å²) in [5, 5.41) is 3.09. The van der Waals surface area contributed by atoms with Gasteiger partial charge in [-0.1, -0.05) is 6.92 Å². The fourth-order valence-electron chi connectivity index (χ4n) is 2.61. The van der Waals surface area contributed by atoms with Crippen molar-refractivity contribution in [3.63, 3.8) is 0 Å². The highest BCUT2D eigenvalue weighted by Crippen LogP contribution is 2.40. The van der Waals surface area contributed by atoms with Gasteiger partial charge in [-0.05, 0) is 32.0 Å². The van der Waals surface area contributed by atoms with Crippen LogP contribution in [0.25, 0.3) is 0 Å². The van der Waals surface area contributed by atoms with Crippen molar-refractivity contribution in [1.29, 1.82) is 0 Å². The monoisotopic (exact) mass is 341 g/mol. The Morgan fingerprint density at radius 2 is 2.13 bits per heavy atom. The zero-order chi connectivity index (χ0) is 17.3. The Morgan fingerprint density at radius 3 is 2.74 bits per heavy atom. The van der Waals surface area contributed by atoms with Gasteiger partial charge in [0, 0.05) is 23.8 Å². The Balaban J connectivity index is 2.34. The van der Waals surface area contributed by atoms with Crippen LogP contribution in [0.1, 0.15) is 49.2 Å². The lowest BCUT2D eigenvalue weighted by Crippen LogP contribution is -2.41. The van der Waals surface area contributed by atoms with Gasteiger partial charge in [0.2, 0.25) is 0 Å². The molecule has 6 nitrogen and oxygen atoms in total. The van der Waals surface area contributed by atoms with E-state index in [2.05, 4.69) is 5.32 Å². The van der Waals surface area contributed by atoms with Crippen molar-refractivity contribution in [2.45, 2.75) is 38.8 Å². The Hall–Kier alpha value is -1.60. The van der Waals surface area contributed by atoms with Crippen molar-refractivity contribution in [1.82, 2.24) is 5.32 Å². The number of rotatable bonds is 5. The van der Waals surface area contributed by atoms with Crippen LogP contribution in [0.5, 0.6) is 5.75 Å². The van der Waals surface area contributed by atoms with E-state index in [1.807, 2.05) is 13.8 Å².